The van der Waals surface area contributed by atoms with Crippen LogP contribution in [0.15, 0.2) is 12.3 Å². The summed E-state index contributed by atoms with van der Waals surface area (Å²) in [6.45, 7) is 2.06. The van der Waals surface area contributed by atoms with Gasteiger partial charge in [0.1, 0.15) is 5.82 Å². The number of nitrogens with zero attached hydrogens (tertiary/aromatic N) is 1. The van der Waals surface area contributed by atoms with Gasteiger partial charge in [0.05, 0.1) is 0 Å². The van der Waals surface area contributed by atoms with E-state index < -0.39 is 0 Å². The van der Waals surface area contributed by atoms with Gasteiger partial charge >= 0.3 is 0 Å². The molecule has 1 rings (SSSR count). The molecule has 0 spiro atoms. The van der Waals surface area contributed by atoms with Crippen LogP contribution in [-0.4, -0.2) is 16.7 Å². The maximum Gasteiger partial charge on any atom is 0.126 e. The topological polar surface area (TPSA) is 59.1 Å². The largest absolute Gasteiger partial charge is 0.396 e. The summed E-state index contributed by atoms with van der Waals surface area (Å²) in [5, 5.41) is 8.62. The predicted molar refractivity (Wildman–Crippen MR) is 44.2 cm³/mol. The van der Waals surface area contributed by atoms with E-state index in [0.717, 1.165) is 11.1 Å². The number of anilines is 1. The molecule has 0 bridgehead atoms. The number of aliphatic hydroxyl groups is 1. The van der Waals surface area contributed by atoms with Crippen LogP contribution in [0.1, 0.15) is 11.1 Å². The van der Waals surface area contributed by atoms with Crippen molar-refractivity contribution in [2.24, 2.45) is 0 Å². The number of aromatic nitrogens is 1. The zero-order valence-electron chi connectivity index (χ0n) is 6.54. The molecule has 1 heterocycles. The Morgan fingerprint density at radius 1 is 1.64 bits per heavy atom. The lowest BCUT2D eigenvalue weighted by molar-refractivity contribution is 0.299. The van der Waals surface area contributed by atoms with Crippen molar-refractivity contribution in [2.75, 3.05) is 12.3 Å². The summed E-state index contributed by atoms with van der Waals surface area (Å²) in [6.07, 6.45) is 2.34. The molecule has 3 N–H and O–H groups in total. The van der Waals surface area contributed by atoms with Crippen LogP contribution >= 0.6 is 0 Å². The molecule has 0 amide bonds. The third-order valence-corrected chi connectivity index (χ3v) is 1.58. The van der Waals surface area contributed by atoms with Gasteiger partial charge in [-0.2, -0.15) is 0 Å². The Morgan fingerprint density at radius 3 is 2.91 bits per heavy atom. The molecular formula is C8H12N2O. The second-order valence-corrected chi connectivity index (χ2v) is 2.52. The molecule has 11 heavy (non-hydrogen) atoms. The van der Waals surface area contributed by atoms with Gasteiger partial charge in [-0.25, -0.2) is 4.98 Å². The minimum absolute atomic E-state index is 0.158. The molecule has 0 radical (unpaired) electrons. The summed E-state index contributed by atoms with van der Waals surface area (Å²) in [7, 11) is 0. The van der Waals surface area contributed by atoms with Gasteiger partial charge in [0.2, 0.25) is 0 Å². The summed E-state index contributed by atoms with van der Waals surface area (Å²) < 4.78 is 0. The molecule has 1 aromatic rings. The molecule has 0 aromatic carbocycles. The van der Waals surface area contributed by atoms with E-state index in [2.05, 4.69) is 4.98 Å². The Hall–Kier alpha value is -1.09. The number of rotatable bonds is 2. The first-order chi connectivity index (χ1) is 5.24. The first-order valence-corrected chi connectivity index (χ1v) is 3.56. The number of aryl methyl sites for hydroxylation is 1. The van der Waals surface area contributed by atoms with E-state index in [4.69, 9.17) is 10.8 Å². The molecule has 3 nitrogen and oxygen atoms in total. The summed E-state index contributed by atoms with van der Waals surface area (Å²) in [4.78, 5) is 3.96. The highest BCUT2D eigenvalue weighted by molar-refractivity contribution is 5.39. The van der Waals surface area contributed by atoms with Gasteiger partial charge in [0.15, 0.2) is 0 Å². The third kappa shape index (κ3) is 1.91. The van der Waals surface area contributed by atoms with Crippen LogP contribution < -0.4 is 5.73 Å². The van der Waals surface area contributed by atoms with Crippen molar-refractivity contribution < 1.29 is 5.11 Å². The van der Waals surface area contributed by atoms with Gasteiger partial charge in [-0.1, -0.05) is 6.07 Å². The van der Waals surface area contributed by atoms with Crippen molar-refractivity contribution in [1.29, 1.82) is 0 Å². The minimum atomic E-state index is 0.158. The minimum Gasteiger partial charge on any atom is -0.396 e. The van der Waals surface area contributed by atoms with E-state index in [9.17, 15) is 0 Å². The van der Waals surface area contributed by atoms with E-state index in [1.807, 2.05) is 13.0 Å². The van der Waals surface area contributed by atoms with Gasteiger partial charge in [-0.15, -0.1) is 0 Å². The SMILES string of the molecule is Cc1cc(CCO)cnc1N. The molecule has 3 heteroatoms. The molecule has 60 valence electrons. The second kappa shape index (κ2) is 3.34. The highest BCUT2D eigenvalue weighted by Gasteiger charge is 1.96. The number of pyridine rings is 1. The van der Waals surface area contributed by atoms with Crippen molar-refractivity contribution in [3.63, 3.8) is 0 Å². The Bertz CT molecular complexity index is 248. The van der Waals surface area contributed by atoms with Crippen molar-refractivity contribution in [3.05, 3.63) is 23.4 Å². The van der Waals surface area contributed by atoms with Crippen LogP contribution in [-0.2, 0) is 6.42 Å². The molecule has 1 aromatic heterocycles. The fourth-order valence-corrected chi connectivity index (χ4v) is 0.909. The number of nitrogens with two attached hydrogens (primary N) is 1. The molecule has 0 saturated heterocycles. The van der Waals surface area contributed by atoms with Crippen LogP contribution in [0.3, 0.4) is 0 Å². The van der Waals surface area contributed by atoms with E-state index >= 15 is 0 Å². The van der Waals surface area contributed by atoms with Crippen molar-refractivity contribution in [3.8, 4) is 0 Å². The van der Waals surface area contributed by atoms with Gasteiger partial charge in [0.25, 0.3) is 0 Å². The van der Waals surface area contributed by atoms with E-state index in [0.29, 0.717) is 12.2 Å². The number of hydrogen-bond donors (Lipinski definition) is 2. The molecule has 0 aliphatic rings. The highest BCUT2D eigenvalue weighted by Crippen LogP contribution is 2.08. The summed E-state index contributed by atoms with van der Waals surface area (Å²) in [6, 6.07) is 1.94. The summed E-state index contributed by atoms with van der Waals surface area (Å²) in [5.74, 6) is 0.562. The van der Waals surface area contributed by atoms with Gasteiger partial charge in [0, 0.05) is 12.8 Å². The van der Waals surface area contributed by atoms with Crippen LogP contribution in [0.4, 0.5) is 5.82 Å². The van der Waals surface area contributed by atoms with Crippen LogP contribution in [0.2, 0.25) is 0 Å². The molecule has 0 fully saturated rings. The monoisotopic (exact) mass is 152 g/mol. The van der Waals surface area contributed by atoms with Crippen LogP contribution in [0.5, 0.6) is 0 Å². The fraction of sp³-hybridized carbons (Fsp3) is 0.375. The van der Waals surface area contributed by atoms with E-state index in [-0.39, 0.29) is 6.61 Å². The average molecular weight is 152 g/mol. The first kappa shape index (κ1) is 8.01. The zero-order chi connectivity index (χ0) is 8.27. The van der Waals surface area contributed by atoms with Gasteiger partial charge in [-0.05, 0) is 24.5 Å². The normalized spacial score (nSPS) is 10.0. The summed E-state index contributed by atoms with van der Waals surface area (Å²) >= 11 is 0. The Kier molecular flexibility index (Phi) is 2.44. The standard InChI is InChI=1S/C8H12N2O/c1-6-4-7(2-3-11)5-10-8(6)9/h4-5,11H,2-3H2,1H3,(H2,9,10). The number of nitrogen functional groups attached to an aromatic ring is 1. The lowest BCUT2D eigenvalue weighted by atomic mass is 10.1. The molecule has 0 atom stereocenters. The van der Waals surface area contributed by atoms with Gasteiger partial charge in [-0.3, -0.25) is 0 Å². The number of aliphatic hydroxyl groups excluding tert-OH is 1. The Labute approximate surface area is 65.9 Å². The first-order valence-electron chi connectivity index (χ1n) is 3.56. The predicted octanol–water partition coefficient (Wildman–Crippen LogP) is 0.507. The quantitative estimate of drug-likeness (QED) is 0.649. The van der Waals surface area contributed by atoms with Crippen molar-refractivity contribution in [2.45, 2.75) is 13.3 Å². The highest BCUT2D eigenvalue weighted by atomic mass is 16.2. The number of hydrogen-bond acceptors (Lipinski definition) is 3. The lowest BCUT2D eigenvalue weighted by Crippen LogP contribution is -1.97. The molecule has 0 saturated carbocycles. The van der Waals surface area contributed by atoms with Gasteiger partial charge < -0.3 is 10.8 Å². The maximum atomic E-state index is 8.62. The summed E-state index contributed by atoms with van der Waals surface area (Å²) in [5.41, 5.74) is 7.51. The third-order valence-electron chi connectivity index (χ3n) is 1.58. The molecule has 0 aliphatic carbocycles. The smallest absolute Gasteiger partial charge is 0.126 e. The maximum absolute atomic E-state index is 8.62. The second-order valence-electron chi connectivity index (χ2n) is 2.52. The molecule has 0 unspecified atom stereocenters. The average Bonchev–Trinajstić information content (AvgIpc) is 1.98. The Morgan fingerprint density at radius 2 is 2.36 bits per heavy atom. The fourth-order valence-electron chi connectivity index (χ4n) is 0.909. The molecule has 0 aliphatic heterocycles. The lowest BCUT2D eigenvalue weighted by Gasteiger charge is -2.01. The molecular weight excluding hydrogens is 140 g/mol. The van der Waals surface area contributed by atoms with E-state index in [1.165, 1.54) is 0 Å². The Balaban J connectivity index is 2.86. The van der Waals surface area contributed by atoms with Crippen molar-refractivity contribution >= 4 is 5.82 Å². The van der Waals surface area contributed by atoms with E-state index in [1.54, 1.807) is 6.20 Å². The zero-order valence-corrected chi connectivity index (χ0v) is 6.54. The van der Waals surface area contributed by atoms with Crippen LogP contribution in [0.25, 0.3) is 0 Å². The van der Waals surface area contributed by atoms with Crippen molar-refractivity contribution in [1.82, 2.24) is 4.98 Å². The van der Waals surface area contributed by atoms with Crippen LogP contribution in [0, 0.1) is 6.92 Å².